The molecule has 0 fully saturated rings. The second kappa shape index (κ2) is 7.41. The van der Waals surface area contributed by atoms with Crippen LogP contribution in [-0.2, 0) is 4.79 Å². The first-order valence-electron chi connectivity index (χ1n) is 6.67. The number of rotatable bonds is 5. The first-order chi connectivity index (χ1) is 10.8. The maximum Gasteiger partial charge on any atom is 0.573 e. The lowest BCUT2D eigenvalue weighted by molar-refractivity contribution is -0.274. The molecule has 7 heteroatoms. The van der Waals surface area contributed by atoms with Gasteiger partial charge in [0.15, 0.2) is 0 Å². The molecule has 2 aromatic carbocycles. The minimum absolute atomic E-state index is 0.162. The molecular weight excluding hydrogens is 327 g/mol. The summed E-state index contributed by atoms with van der Waals surface area (Å²) in [6.07, 6.45) is -4.76. The number of ether oxygens (including phenoxy) is 1. The number of thioether (sulfide) groups is 1. The number of hydrogen-bond donors (Lipinski definition) is 1. The normalized spacial score (nSPS) is 11.1. The van der Waals surface area contributed by atoms with Crippen LogP contribution in [0.2, 0.25) is 0 Å². The Bertz CT molecular complexity index is 689. The molecule has 0 bridgehead atoms. The second-order valence-electron chi connectivity index (χ2n) is 4.68. The number of carbonyl (C=O) groups is 1. The van der Waals surface area contributed by atoms with Gasteiger partial charge in [-0.15, -0.1) is 24.9 Å². The Hall–Kier alpha value is -2.15. The van der Waals surface area contributed by atoms with E-state index in [0.29, 0.717) is 0 Å². The highest BCUT2D eigenvalue weighted by atomic mass is 32.2. The summed E-state index contributed by atoms with van der Waals surface area (Å²) in [5, 5.41) is 2.55. The van der Waals surface area contributed by atoms with Crippen LogP contribution in [0.5, 0.6) is 5.75 Å². The SMILES string of the molecule is Cc1ccccc1SCC(=O)Nc1cccc(OC(F)(F)F)c1. The summed E-state index contributed by atoms with van der Waals surface area (Å²) in [4.78, 5) is 12.9. The number of halogens is 3. The smallest absolute Gasteiger partial charge is 0.406 e. The summed E-state index contributed by atoms with van der Waals surface area (Å²) in [5.74, 6) is -0.515. The average molecular weight is 341 g/mol. The molecule has 2 aromatic rings. The maximum atomic E-state index is 12.2. The van der Waals surface area contributed by atoms with E-state index in [1.807, 2.05) is 31.2 Å². The molecule has 23 heavy (non-hydrogen) atoms. The molecule has 0 saturated heterocycles. The van der Waals surface area contributed by atoms with Crippen molar-refractivity contribution < 1.29 is 22.7 Å². The summed E-state index contributed by atoms with van der Waals surface area (Å²) in [6.45, 7) is 1.94. The van der Waals surface area contributed by atoms with Crippen molar-refractivity contribution in [3.63, 3.8) is 0 Å². The molecule has 3 nitrogen and oxygen atoms in total. The van der Waals surface area contributed by atoms with Gasteiger partial charge >= 0.3 is 6.36 Å². The van der Waals surface area contributed by atoms with Crippen LogP contribution in [0.15, 0.2) is 53.4 Å². The maximum absolute atomic E-state index is 12.2. The summed E-state index contributed by atoms with van der Waals surface area (Å²) in [7, 11) is 0. The standard InChI is InChI=1S/C16H14F3NO2S/c1-11-5-2-3-8-14(11)23-10-15(21)20-12-6-4-7-13(9-12)22-16(17,18)19/h2-9H,10H2,1H3,(H,20,21). The highest BCUT2D eigenvalue weighted by Gasteiger charge is 2.31. The first-order valence-corrected chi connectivity index (χ1v) is 7.66. The van der Waals surface area contributed by atoms with E-state index in [1.54, 1.807) is 0 Å². The highest BCUT2D eigenvalue weighted by Crippen LogP contribution is 2.26. The molecule has 0 aliphatic heterocycles. The van der Waals surface area contributed by atoms with E-state index in [9.17, 15) is 18.0 Å². The van der Waals surface area contributed by atoms with E-state index in [0.717, 1.165) is 16.5 Å². The van der Waals surface area contributed by atoms with Crippen molar-refractivity contribution in [3.8, 4) is 5.75 Å². The van der Waals surface area contributed by atoms with Crippen LogP contribution in [0.3, 0.4) is 0 Å². The number of amides is 1. The quantitative estimate of drug-likeness (QED) is 0.806. The molecule has 0 aliphatic carbocycles. The molecule has 122 valence electrons. The van der Waals surface area contributed by atoms with Crippen molar-refractivity contribution in [1.82, 2.24) is 0 Å². The second-order valence-corrected chi connectivity index (χ2v) is 5.70. The van der Waals surface area contributed by atoms with E-state index in [4.69, 9.17) is 0 Å². The lowest BCUT2D eigenvalue weighted by Gasteiger charge is -2.11. The monoisotopic (exact) mass is 341 g/mol. The van der Waals surface area contributed by atoms with Crippen molar-refractivity contribution >= 4 is 23.4 Å². The summed E-state index contributed by atoms with van der Waals surface area (Å²) in [5.41, 5.74) is 1.31. The molecule has 2 rings (SSSR count). The Kier molecular flexibility index (Phi) is 5.54. The first kappa shape index (κ1) is 17.2. The number of aryl methyl sites for hydroxylation is 1. The van der Waals surface area contributed by atoms with Crippen LogP contribution < -0.4 is 10.1 Å². The molecule has 0 unspecified atom stereocenters. The molecule has 0 aromatic heterocycles. The fourth-order valence-corrected chi connectivity index (χ4v) is 2.66. The van der Waals surface area contributed by atoms with Crippen molar-refractivity contribution in [2.24, 2.45) is 0 Å². The summed E-state index contributed by atoms with van der Waals surface area (Å²) < 4.78 is 40.3. The van der Waals surface area contributed by atoms with E-state index in [2.05, 4.69) is 10.1 Å². The third-order valence-electron chi connectivity index (χ3n) is 2.80. The molecule has 0 aliphatic rings. The lowest BCUT2D eigenvalue weighted by Crippen LogP contribution is -2.18. The summed E-state index contributed by atoms with van der Waals surface area (Å²) >= 11 is 1.37. The number of nitrogens with one attached hydrogen (secondary N) is 1. The van der Waals surface area contributed by atoms with Crippen molar-refractivity contribution in [1.29, 1.82) is 0 Å². The minimum atomic E-state index is -4.76. The number of benzene rings is 2. The van der Waals surface area contributed by atoms with Gasteiger partial charge in [0.05, 0.1) is 5.75 Å². The van der Waals surface area contributed by atoms with Crippen LogP contribution in [-0.4, -0.2) is 18.0 Å². The number of anilines is 1. The Morgan fingerprint density at radius 3 is 2.61 bits per heavy atom. The van der Waals surface area contributed by atoms with Crippen LogP contribution >= 0.6 is 11.8 Å². The topological polar surface area (TPSA) is 38.3 Å². The average Bonchev–Trinajstić information content (AvgIpc) is 2.45. The Morgan fingerprint density at radius 2 is 1.91 bits per heavy atom. The van der Waals surface area contributed by atoms with Gasteiger partial charge in [0.1, 0.15) is 5.75 Å². The van der Waals surface area contributed by atoms with Gasteiger partial charge in [-0.3, -0.25) is 4.79 Å². The predicted molar refractivity (Wildman–Crippen MR) is 83.7 cm³/mol. The van der Waals surface area contributed by atoms with Crippen molar-refractivity contribution in [2.45, 2.75) is 18.2 Å². The minimum Gasteiger partial charge on any atom is -0.406 e. The van der Waals surface area contributed by atoms with Crippen molar-refractivity contribution in [2.75, 3.05) is 11.1 Å². The fraction of sp³-hybridized carbons (Fsp3) is 0.188. The van der Waals surface area contributed by atoms with Crippen LogP contribution in [0, 0.1) is 6.92 Å². The largest absolute Gasteiger partial charge is 0.573 e. The molecule has 1 N–H and O–H groups in total. The molecule has 1 amide bonds. The Morgan fingerprint density at radius 1 is 1.17 bits per heavy atom. The van der Waals surface area contributed by atoms with Crippen LogP contribution in [0.1, 0.15) is 5.56 Å². The zero-order valence-electron chi connectivity index (χ0n) is 12.2. The molecule has 0 atom stereocenters. The molecule has 0 saturated carbocycles. The molecule has 0 radical (unpaired) electrons. The fourth-order valence-electron chi connectivity index (χ4n) is 1.83. The van der Waals surface area contributed by atoms with Gasteiger partial charge < -0.3 is 10.1 Å². The van der Waals surface area contributed by atoms with E-state index in [-0.39, 0.29) is 23.1 Å². The molecule has 0 heterocycles. The van der Waals surface area contributed by atoms with E-state index in [1.165, 1.54) is 30.0 Å². The third-order valence-corrected chi connectivity index (χ3v) is 3.98. The third kappa shape index (κ3) is 5.86. The van der Waals surface area contributed by atoms with Crippen molar-refractivity contribution in [3.05, 3.63) is 54.1 Å². The zero-order chi connectivity index (χ0) is 16.9. The Labute approximate surface area is 135 Å². The van der Waals surface area contributed by atoms with Gasteiger partial charge in [-0.05, 0) is 30.7 Å². The van der Waals surface area contributed by atoms with Gasteiger partial charge in [0.2, 0.25) is 5.91 Å². The highest BCUT2D eigenvalue weighted by molar-refractivity contribution is 8.00. The zero-order valence-corrected chi connectivity index (χ0v) is 13.0. The lowest BCUT2D eigenvalue weighted by atomic mass is 10.2. The number of hydrogen-bond acceptors (Lipinski definition) is 3. The number of alkyl halides is 3. The predicted octanol–water partition coefficient (Wildman–Crippen LogP) is 4.62. The van der Waals surface area contributed by atoms with Crippen LogP contribution in [0.4, 0.5) is 18.9 Å². The van der Waals surface area contributed by atoms with E-state index < -0.39 is 6.36 Å². The van der Waals surface area contributed by atoms with E-state index >= 15 is 0 Å². The van der Waals surface area contributed by atoms with Crippen LogP contribution in [0.25, 0.3) is 0 Å². The summed E-state index contributed by atoms with van der Waals surface area (Å²) in [6, 6.07) is 12.8. The van der Waals surface area contributed by atoms with Gasteiger partial charge in [-0.2, -0.15) is 0 Å². The van der Waals surface area contributed by atoms with Gasteiger partial charge in [0, 0.05) is 16.6 Å². The molecular formula is C16H14F3NO2S. The van der Waals surface area contributed by atoms with Gasteiger partial charge in [-0.1, -0.05) is 24.3 Å². The molecule has 0 spiro atoms. The number of carbonyl (C=O) groups excluding carboxylic acids is 1. The Balaban J connectivity index is 1.93. The van der Waals surface area contributed by atoms with Gasteiger partial charge in [0.25, 0.3) is 0 Å². The van der Waals surface area contributed by atoms with Gasteiger partial charge in [-0.25, -0.2) is 0 Å².